The van der Waals surface area contributed by atoms with Gasteiger partial charge in [0.2, 0.25) is 0 Å². The zero-order valence-electron chi connectivity index (χ0n) is 10.9. The number of thiocarbonyl (C=S) groups is 1. The molecule has 6 heteroatoms. The molecule has 0 bridgehead atoms. The van der Waals surface area contributed by atoms with Crippen molar-refractivity contribution in [2.75, 3.05) is 5.32 Å². The lowest BCUT2D eigenvalue weighted by Gasteiger charge is -2.07. The van der Waals surface area contributed by atoms with Crippen LogP contribution in [0.15, 0.2) is 46.9 Å². The van der Waals surface area contributed by atoms with Crippen molar-refractivity contribution in [1.82, 2.24) is 0 Å². The molecule has 3 N–H and O–H groups in total. The highest BCUT2D eigenvalue weighted by atomic mass is 79.9. The second kappa shape index (κ2) is 6.78. The molecule has 2 rings (SSSR count). The third-order valence-corrected chi connectivity index (χ3v) is 3.40. The van der Waals surface area contributed by atoms with Crippen molar-refractivity contribution in [2.24, 2.45) is 5.73 Å². The number of carbonyl (C=O) groups excluding carboxylic acids is 1. The minimum absolute atomic E-state index is 0.0170. The van der Waals surface area contributed by atoms with Crippen LogP contribution in [0.4, 0.5) is 10.1 Å². The summed E-state index contributed by atoms with van der Waals surface area (Å²) in [6, 6.07) is 11.3. The first-order chi connectivity index (χ1) is 9.95. The lowest BCUT2D eigenvalue weighted by Crippen LogP contribution is -2.14. The highest BCUT2D eigenvalue weighted by molar-refractivity contribution is 9.10. The Morgan fingerprint density at radius 1 is 1.24 bits per heavy atom. The van der Waals surface area contributed by atoms with Crippen LogP contribution in [-0.4, -0.2) is 10.9 Å². The van der Waals surface area contributed by atoms with E-state index in [2.05, 4.69) is 21.2 Å². The predicted molar refractivity (Wildman–Crippen MR) is 89.0 cm³/mol. The van der Waals surface area contributed by atoms with Crippen LogP contribution in [0.2, 0.25) is 0 Å². The van der Waals surface area contributed by atoms with Crippen LogP contribution >= 0.6 is 28.1 Å². The minimum Gasteiger partial charge on any atom is -0.393 e. The van der Waals surface area contributed by atoms with Gasteiger partial charge in [0.1, 0.15) is 5.82 Å². The fraction of sp³-hybridized carbons (Fsp3) is 0.0667. The molecule has 2 aromatic carbocycles. The monoisotopic (exact) mass is 366 g/mol. The molecule has 0 saturated heterocycles. The van der Waals surface area contributed by atoms with E-state index in [1.54, 1.807) is 12.1 Å². The molecule has 2 aromatic rings. The summed E-state index contributed by atoms with van der Waals surface area (Å²) in [7, 11) is 0. The second-order valence-electron chi connectivity index (χ2n) is 4.42. The molecule has 0 aliphatic rings. The number of anilines is 1. The lowest BCUT2D eigenvalue weighted by molar-refractivity contribution is 0.102. The Morgan fingerprint density at radius 2 is 1.90 bits per heavy atom. The van der Waals surface area contributed by atoms with E-state index in [9.17, 15) is 9.18 Å². The summed E-state index contributed by atoms with van der Waals surface area (Å²) in [5.74, 6) is -1.07. The standard InChI is InChI=1S/C15H12BrFN2OS/c16-10-3-6-13(17)12(8-10)15(20)19-11-4-1-9(2-5-11)7-14(18)21/h1-6,8H,7H2,(H2,18,21)(H,19,20). The van der Waals surface area contributed by atoms with Crippen molar-refractivity contribution < 1.29 is 9.18 Å². The largest absolute Gasteiger partial charge is 0.393 e. The summed E-state index contributed by atoms with van der Waals surface area (Å²) in [6.45, 7) is 0. The summed E-state index contributed by atoms with van der Waals surface area (Å²) in [6.07, 6.45) is 0.504. The third-order valence-electron chi connectivity index (χ3n) is 2.76. The molecule has 0 aliphatic carbocycles. The normalized spacial score (nSPS) is 10.2. The van der Waals surface area contributed by atoms with Crippen LogP contribution < -0.4 is 11.1 Å². The van der Waals surface area contributed by atoms with Gasteiger partial charge in [0.15, 0.2) is 0 Å². The van der Waals surface area contributed by atoms with Gasteiger partial charge in [0.25, 0.3) is 5.91 Å². The van der Waals surface area contributed by atoms with Gasteiger partial charge in [-0.3, -0.25) is 4.79 Å². The van der Waals surface area contributed by atoms with E-state index < -0.39 is 11.7 Å². The average molecular weight is 367 g/mol. The fourth-order valence-electron chi connectivity index (χ4n) is 1.78. The maximum absolute atomic E-state index is 13.6. The van der Waals surface area contributed by atoms with Crippen LogP contribution in [0.1, 0.15) is 15.9 Å². The Balaban J connectivity index is 2.12. The maximum atomic E-state index is 13.6. The number of halogens is 2. The zero-order valence-corrected chi connectivity index (χ0v) is 13.3. The van der Waals surface area contributed by atoms with Crippen molar-refractivity contribution in [3.8, 4) is 0 Å². The Morgan fingerprint density at radius 3 is 2.52 bits per heavy atom. The van der Waals surface area contributed by atoms with Gasteiger partial charge in [-0.05, 0) is 35.9 Å². The number of carbonyl (C=O) groups is 1. The number of rotatable bonds is 4. The molecular weight excluding hydrogens is 355 g/mol. The van der Waals surface area contributed by atoms with Gasteiger partial charge >= 0.3 is 0 Å². The van der Waals surface area contributed by atoms with Gasteiger partial charge in [-0.2, -0.15) is 0 Å². The van der Waals surface area contributed by atoms with Crippen molar-refractivity contribution in [2.45, 2.75) is 6.42 Å². The van der Waals surface area contributed by atoms with Gasteiger partial charge in [-0.25, -0.2) is 4.39 Å². The number of nitrogens with two attached hydrogens (primary N) is 1. The number of hydrogen-bond donors (Lipinski definition) is 2. The van der Waals surface area contributed by atoms with Crippen LogP contribution in [0.3, 0.4) is 0 Å². The highest BCUT2D eigenvalue weighted by Crippen LogP contribution is 2.18. The van der Waals surface area contributed by atoms with E-state index in [0.717, 1.165) is 5.56 Å². The van der Waals surface area contributed by atoms with Crippen LogP contribution in [0.25, 0.3) is 0 Å². The molecule has 0 radical (unpaired) electrons. The van der Waals surface area contributed by atoms with Gasteiger partial charge in [-0.15, -0.1) is 0 Å². The predicted octanol–water partition coefficient (Wildman–Crippen LogP) is 3.67. The molecular formula is C15H12BrFN2OS. The van der Waals surface area contributed by atoms with Gasteiger partial charge < -0.3 is 11.1 Å². The summed E-state index contributed by atoms with van der Waals surface area (Å²) in [5, 5.41) is 2.64. The second-order valence-corrected chi connectivity index (χ2v) is 5.86. The first-order valence-corrected chi connectivity index (χ1v) is 7.29. The van der Waals surface area contributed by atoms with E-state index in [-0.39, 0.29) is 5.56 Å². The summed E-state index contributed by atoms with van der Waals surface area (Å²) < 4.78 is 14.3. The summed E-state index contributed by atoms with van der Waals surface area (Å²) >= 11 is 8.04. The SMILES string of the molecule is NC(=S)Cc1ccc(NC(=O)c2cc(Br)ccc2F)cc1. The zero-order chi connectivity index (χ0) is 15.4. The Bertz CT molecular complexity index is 689. The molecule has 0 fully saturated rings. The fourth-order valence-corrected chi connectivity index (χ4v) is 2.30. The van der Waals surface area contributed by atoms with Crippen molar-refractivity contribution in [3.05, 3.63) is 63.9 Å². The summed E-state index contributed by atoms with van der Waals surface area (Å²) in [5.41, 5.74) is 6.98. The number of hydrogen-bond acceptors (Lipinski definition) is 2. The van der Waals surface area contributed by atoms with E-state index in [1.807, 2.05) is 12.1 Å². The van der Waals surface area contributed by atoms with E-state index in [1.165, 1.54) is 18.2 Å². The average Bonchev–Trinajstić information content (AvgIpc) is 2.43. The molecule has 108 valence electrons. The molecule has 0 unspecified atom stereocenters. The van der Waals surface area contributed by atoms with Crippen molar-refractivity contribution >= 4 is 44.7 Å². The number of amides is 1. The molecule has 21 heavy (non-hydrogen) atoms. The van der Waals surface area contributed by atoms with Crippen molar-refractivity contribution in [3.63, 3.8) is 0 Å². The molecule has 0 atom stereocenters. The molecule has 0 saturated carbocycles. The molecule has 1 amide bonds. The quantitative estimate of drug-likeness (QED) is 0.811. The Hall–Kier alpha value is -1.79. The molecule has 0 aromatic heterocycles. The number of nitrogens with one attached hydrogen (secondary N) is 1. The van der Waals surface area contributed by atoms with Gasteiger partial charge in [0.05, 0.1) is 10.6 Å². The molecule has 0 heterocycles. The van der Waals surface area contributed by atoms with Crippen LogP contribution in [0, 0.1) is 5.82 Å². The third kappa shape index (κ3) is 4.34. The summed E-state index contributed by atoms with van der Waals surface area (Å²) in [4.78, 5) is 12.4. The first-order valence-electron chi connectivity index (χ1n) is 6.09. The van der Waals surface area contributed by atoms with Crippen LogP contribution in [0.5, 0.6) is 0 Å². The lowest BCUT2D eigenvalue weighted by atomic mass is 10.1. The number of benzene rings is 2. The molecule has 0 spiro atoms. The van der Waals surface area contributed by atoms with E-state index in [4.69, 9.17) is 18.0 Å². The highest BCUT2D eigenvalue weighted by Gasteiger charge is 2.12. The van der Waals surface area contributed by atoms with E-state index in [0.29, 0.717) is 21.6 Å². The molecule has 0 aliphatic heterocycles. The van der Waals surface area contributed by atoms with Gasteiger partial charge in [0, 0.05) is 16.6 Å². The minimum atomic E-state index is -0.569. The van der Waals surface area contributed by atoms with Gasteiger partial charge in [-0.1, -0.05) is 40.3 Å². The topological polar surface area (TPSA) is 55.1 Å². The van der Waals surface area contributed by atoms with Crippen LogP contribution in [-0.2, 0) is 6.42 Å². The Labute approximate surface area is 135 Å². The maximum Gasteiger partial charge on any atom is 0.258 e. The van der Waals surface area contributed by atoms with E-state index >= 15 is 0 Å². The van der Waals surface area contributed by atoms with Crippen molar-refractivity contribution in [1.29, 1.82) is 0 Å². The Kier molecular flexibility index (Phi) is 5.03. The smallest absolute Gasteiger partial charge is 0.258 e. The molecule has 3 nitrogen and oxygen atoms in total. The first kappa shape index (κ1) is 15.6.